The summed E-state index contributed by atoms with van der Waals surface area (Å²) in [6.07, 6.45) is 1.62. The predicted molar refractivity (Wildman–Crippen MR) is 84.1 cm³/mol. The molecule has 0 aliphatic heterocycles. The molecular formula is C15H13ClN4O. The van der Waals surface area contributed by atoms with E-state index in [4.69, 9.17) is 17.3 Å². The maximum Gasteiger partial charge on any atom is 0.247 e. The van der Waals surface area contributed by atoms with E-state index in [9.17, 15) is 4.79 Å². The van der Waals surface area contributed by atoms with E-state index in [1.165, 1.54) is 6.07 Å². The van der Waals surface area contributed by atoms with E-state index in [1.807, 2.05) is 18.2 Å². The summed E-state index contributed by atoms with van der Waals surface area (Å²) in [7, 11) is 1.77. The molecule has 3 N–H and O–H groups in total. The molecule has 3 rings (SSSR count). The van der Waals surface area contributed by atoms with Crippen molar-refractivity contribution in [2.75, 3.05) is 5.73 Å². The van der Waals surface area contributed by atoms with E-state index in [2.05, 4.69) is 10.1 Å². The average molecular weight is 301 g/mol. The van der Waals surface area contributed by atoms with E-state index in [0.29, 0.717) is 16.5 Å². The minimum Gasteiger partial charge on any atom is -0.383 e. The van der Waals surface area contributed by atoms with Gasteiger partial charge in [-0.1, -0.05) is 29.8 Å². The number of nitrogens with zero attached hydrogens (tertiary/aromatic N) is 2. The second kappa shape index (κ2) is 5.10. The van der Waals surface area contributed by atoms with Crippen molar-refractivity contribution in [3.05, 3.63) is 58.0 Å². The summed E-state index contributed by atoms with van der Waals surface area (Å²) in [6, 6.07) is 10.6. The van der Waals surface area contributed by atoms with Gasteiger partial charge >= 0.3 is 0 Å². The number of aryl methyl sites for hydroxylation is 1. The van der Waals surface area contributed by atoms with Crippen LogP contribution in [0.3, 0.4) is 0 Å². The minimum atomic E-state index is -0.165. The van der Waals surface area contributed by atoms with Crippen LogP contribution in [0.4, 0.5) is 5.82 Å². The second-order valence-electron chi connectivity index (χ2n) is 4.65. The largest absolute Gasteiger partial charge is 0.383 e. The van der Waals surface area contributed by atoms with Gasteiger partial charge in [-0.3, -0.25) is 9.48 Å². The van der Waals surface area contributed by atoms with Crippen LogP contribution < -0.4 is 11.3 Å². The number of aromatic nitrogens is 3. The fraction of sp³-hybridized carbons (Fsp3) is 0.0667. The quantitative estimate of drug-likeness (QED) is 0.764. The number of nitrogens with one attached hydrogen (secondary N) is 1. The third kappa shape index (κ3) is 2.32. The molecule has 0 aliphatic rings. The zero-order valence-electron chi connectivity index (χ0n) is 11.3. The van der Waals surface area contributed by atoms with Gasteiger partial charge in [0.05, 0.1) is 5.56 Å². The first-order chi connectivity index (χ1) is 10.1. The van der Waals surface area contributed by atoms with Gasteiger partial charge in [0.2, 0.25) is 5.56 Å². The van der Waals surface area contributed by atoms with E-state index in [1.54, 1.807) is 30.1 Å². The Hall–Kier alpha value is -2.53. The van der Waals surface area contributed by atoms with Gasteiger partial charge in [0, 0.05) is 35.5 Å². The van der Waals surface area contributed by atoms with Crippen LogP contribution >= 0.6 is 11.6 Å². The van der Waals surface area contributed by atoms with Crippen molar-refractivity contribution in [2.45, 2.75) is 0 Å². The Morgan fingerprint density at radius 2 is 2.00 bits per heavy atom. The number of hydrogen-bond acceptors (Lipinski definition) is 3. The molecule has 106 valence electrons. The molecule has 0 amide bonds. The van der Waals surface area contributed by atoms with Gasteiger partial charge in [-0.15, -0.1) is 0 Å². The molecule has 0 aliphatic carbocycles. The first kappa shape index (κ1) is 13.5. The summed E-state index contributed by atoms with van der Waals surface area (Å²) in [5.41, 5.74) is 9.00. The summed E-state index contributed by atoms with van der Waals surface area (Å²) in [4.78, 5) is 13.8. The maximum atomic E-state index is 11.2. The number of nitrogen functional groups attached to an aromatic ring is 1. The number of aromatic amines is 1. The smallest absolute Gasteiger partial charge is 0.247 e. The zero-order valence-corrected chi connectivity index (χ0v) is 12.1. The maximum absolute atomic E-state index is 11.2. The topological polar surface area (TPSA) is 76.7 Å². The molecule has 5 nitrogen and oxygen atoms in total. The number of nitrogens with two attached hydrogens (primary N) is 1. The molecule has 0 spiro atoms. The molecule has 1 aromatic carbocycles. The highest BCUT2D eigenvalue weighted by molar-refractivity contribution is 6.33. The van der Waals surface area contributed by atoms with Crippen molar-refractivity contribution < 1.29 is 0 Å². The number of hydrogen-bond donors (Lipinski definition) is 2. The van der Waals surface area contributed by atoms with Crippen LogP contribution in [0.2, 0.25) is 5.02 Å². The molecule has 0 fully saturated rings. The van der Waals surface area contributed by atoms with E-state index in [-0.39, 0.29) is 5.56 Å². The van der Waals surface area contributed by atoms with Gasteiger partial charge < -0.3 is 10.7 Å². The van der Waals surface area contributed by atoms with Gasteiger partial charge in [-0.25, -0.2) is 0 Å². The predicted octanol–water partition coefficient (Wildman–Crippen LogP) is 2.68. The van der Waals surface area contributed by atoms with Gasteiger partial charge in [-0.05, 0) is 12.1 Å². The van der Waals surface area contributed by atoms with Crippen LogP contribution in [-0.2, 0) is 7.05 Å². The van der Waals surface area contributed by atoms with Crippen LogP contribution in [0.1, 0.15) is 0 Å². The molecule has 0 bridgehead atoms. The van der Waals surface area contributed by atoms with Gasteiger partial charge in [0.1, 0.15) is 11.5 Å². The first-order valence-electron chi connectivity index (χ1n) is 6.34. The summed E-state index contributed by atoms with van der Waals surface area (Å²) < 4.78 is 1.60. The standard InChI is InChI=1S/C15H13ClN4O/c1-20-15(17)13(10-4-2-3-5-11(10)16)14(19-20)9-6-7-12(21)18-8-9/h2-8H,17H2,1H3,(H,18,21). The lowest BCUT2D eigenvalue weighted by molar-refractivity contribution is 0.782. The molecule has 0 saturated carbocycles. The number of halogens is 1. The number of rotatable bonds is 2. The second-order valence-corrected chi connectivity index (χ2v) is 5.06. The molecule has 0 saturated heterocycles. The third-order valence-corrected chi connectivity index (χ3v) is 3.62. The van der Waals surface area contributed by atoms with Crippen LogP contribution in [-0.4, -0.2) is 14.8 Å². The monoisotopic (exact) mass is 300 g/mol. The van der Waals surface area contributed by atoms with Gasteiger partial charge in [-0.2, -0.15) is 5.10 Å². The Kier molecular flexibility index (Phi) is 3.27. The molecule has 3 aromatic rings. The van der Waals surface area contributed by atoms with Crippen molar-refractivity contribution in [2.24, 2.45) is 7.05 Å². The Balaban J connectivity index is 2.28. The van der Waals surface area contributed by atoms with Crippen molar-refractivity contribution >= 4 is 17.4 Å². The fourth-order valence-corrected chi connectivity index (χ4v) is 2.46. The fourth-order valence-electron chi connectivity index (χ4n) is 2.23. The molecule has 2 heterocycles. The molecule has 0 atom stereocenters. The van der Waals surface area contributed by atoms with Crippen LogP contribution in [0.15, 0.2) is 47.4 Å². The van der Waals surface area contributed by atoms with Crippen LogP contribution in [0.25, 0.3) is 22.4 Å². The van der Waals surface area contributed by atoms with Crippen molar-refractivity contribution in [3.8, 4) is 22.4 Å². The Morgan fingerprint density at radius 3 is 2.67 bits per heavy atom. The number of benzene rings is 1. The van der Waals surface area contributed by atoms with Gasteiger partial charge in [0.25, 0.3) is 0 Å². The van der Waals surface area contributed by atoms with Crippen LogP contribution in [0, 0.1) is 0 Å². The Morgan fingerprint density at radius 1 is 1.24 bits per heavy atom. The SMILES string of the molecule is Cn1nc(-c2ccc(=O)[nH]c2)c(-c2ccccc2Cl)c1N. The lowest BCUT2D eigenvalue weighted by Crippen LogP contribution is -2.01. The lowest BCUT2D eigenvalue weighted by Gasteiger charge is -2.06. The number of H-pyrrole nitrogens is 1. The summed E-state index contributed by atoms with van der Waals surface area (Å²) in [5.74, 6) is 0.518. The van der Waals surface area contributed by atoms with E-state index in [0.717, 1.165) is 16.7 Å². The molecule has 21 heavy (non-hydrogen) atoms. The Labute approximate surface area is 126 Å². The summed E-state index contributed by atoms with van der Waals surface area (Å²) in [6.45, 7) is 0. The van der Waals surface area contributed by atoms with Crippen molar-refractivity contribution in [1.29, 1.82) is 0 Å². The van der Waals surface area contributed by atoms with Crippen molar-refractivity contribution in [1.82, 2.24) is 14.8 Å². The van der Waals surface area contributed by atoms with Crippen LogP contribution in [0.5, 0.6) is 0 Å². The number of anilines is 1. The molecule has 6 heteroatoms. The molecule has 0 radical (unpaired) electrons. The number of pyridine rings is 1. The highest BCUT2D eigenvalue weighted by Crippen LogP contribution is 2.38. The average Bonchev–Trinajstić information content (AvgIpc) is 2.77. The Bertz CT molecular complexity index is 846. The van der Waals surface area contributed by atoms with E-state index >= 15 is 0 Å². The third-order valence-electron chi connectivity index (χ3n) is 3.29. The lowest BCUT2D eigenvalue weighted by atomic mass is 10.0. The highest BCUT2D eigenvalue weighted by Gasteiger charge is 2.19. The first-order valence-corrected chi connectivity index (χ1v) is 6.72. The molecular weight excluding hydrogens is 288 g/mol. The highest BCUT2D eigenvalue weighted by atomic mass is 35.5. The summed E-state index contributed by atoms with van der Waals surface area (Å²) in [5, 5.41) is 5.04. The summed E-state index contributed by atoms with van der Waals surface area (Å²) >= 11 is 6.27. The molecule has 0 unspecified atom stereocenters. The van der Waals surface area contributed by atoms with Crippen molar-refractivity contribution in [3.63, 3.8) is 0 Å². The van der Waals surface area contributed by atoms with Gasteiger partial charge in [0.15, 0.2) is 0 Å². The zero-order chi connectivity index (χ0) is 15.0. The minimum absolute atomic E-state index is 0.165. The van der Waals surface area contributed by atoms with E-state index < -0.39 is 0 Å². The normalized spacial score (nSPS) is 10.8. The molecule has 2 aromatic heterocycles.